The molecule has 3 amide bonds. The second-order valence-corrected chi connectivity index (χ2v) is 11.5. The minimum Gasteiger partial charge on any atom is -0.324 e. The predicted octanol–water partition coefficient (Wildman–Crippen LogP) is 5.40. The van der Waals surface area contributed by atoms with Crippen LogP contribution in [0.4, 0.5) is 5.69 Å². The van der Waals surface area contributed by atoms with Crippen molar-refractivity contribution < 1.29 is 14.4 Å². The molecule has 36 heavy (non-hydrogen) atoms. The van der Waals surface area contributed by atoms with Crippen LogP contribution in [0.25, 0.3) is 0 Å². The van der Waals surface area contributed by atoms with E-state index < -0.39 is 17.9 Å². The van der Waals surface area contributed by atoms with E-state index in [0.717, 1.165) is 26.7 Å². The van der Waals surface area contributed by atoms with Gasteiger partial charge in [0, 0.05) is 22.0 Å². The van der Waals surface area contributed by atoms with Gasteiger partial charge in [0.05, 0.1) is 11.8 Å². The Balaban J connectivity index is 1.39. The van der Waals surface area contributed by atoms with Gasteiger partial charge in [-0.3, -0.25) is 19.3 Å². The topological polar surface area (TPSA) is 66.5 Å². The number of anilines is 1. The predicted molar refractivity (Wildman–Crippen MR) is 145 cm³/mol. The lowest BCUT2D eigenvalue weighted by molar-refractivity contribution is -0.146. The van der Waals surface area contributed by atoms with E-state index in [2.05, 4.69) is 45.5 Å². The maximum absolute atomic E-state index is 14.1. The smallest absolute Gasteiger partial charge is 0.247 e. The van der Waals surface area contributed by atoms with Crippen molar-refractivity contribution in [2.75, 3.05) is 17.3 Å². The summed E-state index contributed by atoms with van der Waals surface area (Å²) in [7, 11) is 0. The summed E-state index contributed by atoms with van der Waals surface area (Å²) in [6, 6.07) is 22.8. The molecule has 0 radical (unpaired) electrons. The number of nitrogens with one attached hydrogen (secondary N) is 1. The molecule has 3 atom stereocenters. The van der Waals surface area contributed by atoms with Crippen LogP contribution in [-0.2, 0) is 14.4 Å². The summed E-state index contributed by atoms with van der Waals surface area (Å²) < 4.78 is 0.906. The zero-order chi connectivity index (χ0) is 25.0. The van der Waals surface area contributed by atoms with Crippen molar-refractivity contribution in [3.05, 3.63) is 99.5 Å². The molecule has 1 N–H and O–H groups in total. The molecular weight excluding hydrogens is 536 g/mol. The number of rotatable bonds is 6. The Morgan fingerprint density at radius 3 is 1.78 bits per heavy atom. The first-order valence-electron chi connectivity index (χ1n) is 12.1. The van der Waals surface area contributed by atoms with Gasteiger partial charge in [-0.2, -0.15) is 11.8 Å². The molecular formula is C29H25BrN2O3S. The van der Waals surface area contributed by atoms with Crippen LogP contribution in [0.3, 0.4) is 0 Å². The van der Waals surface area contributed by atoms with Crippen LogP contribution in [-0.4, -0.2) is 40.7 Å². The van der Waals surface area contributed by atoms with Crippen molar-refractivity contribution in [1.29, 1.82) is 0 Å². The fourth-order valence-corrected chi connectivity index (χ4v) is 7.10. The standard InChI is InChI=1S/C29H25BrN2O3S/c1-36-15-14-22(27(33)31-17-12-10-16(30)11-13-17)32-28(34)25-23-18-6-2-3-7-19(18)24(26(25)29(32)35)21-9-5-4-8-20(21)23/h2-13,22-26H,14-15H2,1H3,(H,31,33). The Morgan fingerprint density at radius 2 is 1.33 bits per heavy atom. The fourth-order valence-electron chi connectivity index (χ4n) is 6.37. The number of carbonyl (C=O) groups is 3. The molecule has 4 aliphatic rings. The maximum Gasteiger partial charge on any atom is 0.247 e. The second kappa shape index (κ2) is 9.20. The molecule has 0 spiro atoms. The van der Waals surface area contributed by atoms with Gasteiger partial charge in [-0.1, -0.05) is 64.5 Å². The highest BCUT2D eigenvalue weighted by atomic mass is 79.9. The SMILES string of the molecule is CSCCC(C(=O)Nc1ccc(Br)cc1)N1C(=O)C2C3c4ccccc4C(c4ccccc43)C2C1=O. The van der Waals surface area contributed by atoms with Crippen LogP contribution >= 0.6 is 27.7 Å². The van der Waals surface area contributed by atoms with E-state index in [4.69, 9.17) is 0 Å². The number of thioether (sulfide) groups is 1. The lowest BCUT2D eigenvalue weighted by atomic mass is 9.55. The van der Waals surface area contributed by atoms with E-state index in [0.29, 0.717) is 17.9 Å². The minimum atomic E-state index is -0.850. The first-order valence-corrected chi connectivity index (χ1v) is 14.3. The van der Waals surface area contributed by atoms with E-state index in [1.54, 1.807) is 23.9 Å². The van der Waals surface area contributed by atoms with E-state index in [-0.39, 0.29) is 29.6 Å². The van der Waals surface area contributed by atoms with E-state index in [1.807, 2.05) is 42.7 Å². The van der Waals surface area contributed by atoms with Crippen molar-refractivity contribution in [2.24, 2.45) is 11.8 Å². The number of amides is 3. The van der Waals surface area contributed by atoms with Crippen LogP contribution in [0.15, 0.2) is 77.3 Å². The molecule has 182 valence electrons. The molecule has 7 heteroatoms. The number of hydrogen-bond acceptors (Lipinski definition) is 4. The summed E-state index contributed by atoms with van der Waals surface area (Å²) in [5.74, 6) is -1.42. The molecule has 3 aromatic carbocycles. The highest BCUT2D eigenvalue weighted by Crippen LogP contribution is 2.61. The summed E-state index contributed by atoms with van der Waals surface area (Å²) in [6.07, 6.45) is 2.38. The van der Waals surface area contributed by atoms with Crippen molar-refractivity contribution in [3.63, 3.8) is 0 Å². The molecule has 2 bridgehead atoms. The Hall–Kier alpha value is -2.90. The normalized spacial score (nSPS) is 24.2. The van der Waals surface area contributed by atoms with Crippen LogP contribution < -0.4 is 5.32 Å². The number of carbonyl (C=O) groups excluding carboxylic acids is 3. The Labute approximate surface area is 222 Å². The average molecular weight is 562 g/mol. The van der Waals surface area contributed by atoms with Crippen molar-refractivity contribution >= 4 is 51.1 Å². The van der Waals surface area contributed by atoms with Crippen LogP contribution in [0, 0.1) is 11.8 Å². The molecule has 3 aliphatic carbocycles. The first kappa shape index (κ1) is 23.5. The molecule has 0 saturated carbocycles. The Kier molecular flexibility index (Phi) is 6.00. The average Bonchev–Trinajstić information content (AvgIpc) is 3.16. The van der Waals surface area contributed by atoms with Crippen LogP contribution in [0.2, 0.25) is 0 Å². The van der Waals surface area contributed by atoms with Gasteiger partial charge < -0.3 is 5.32 Å². The summed E-state index contributed by atoms with van der Waals surface area (Å²) in [4.78, 5) is 43.0. The third-order valence-electron chi connectivity index (χ3n) is 7.80. The number of halogens is 1. The Bertz CT molecular complexity index is 1260. The molecule has 3 unspecified atom stereocenters. The number of likely N-dealkylation sites (tertiary alicyclic amines) is 1. The minimum absolute atomic E-state index is 0.176. The number of nitrogens with zero attached hydrogens (tertiary/aromatic N) is 1. The number of hydrogen-bond donors (Lipinski definition) is 1. The quantitative estimate of drug-likeness (QED) is 0.410. The molecule has 1 saturated heterocycles. The van der Waals surface area contributed by atoms with E-state index in [9.17, 15) is 14.4 Å². The summed E-state index contributed by atoms with van der Waals surface area (Å²) in [5.41, 5.74) is 5.15. The number of benzene rings is 3. The molecule has 3 aromatic rings. The highest BCUT2D eigenvalue weighted by Gasteiger charge is 2.62. The second-order valence-electron chi connectivity index (χ2n) is 9.60. The third kappa shape index (κ3) is 3.55. The highest BCUT2D eigenvalue weighted by molar-refractivity contribution is 9.10. The van der Waals surface area contributed by atoms with Gasteiger partial charge >= 0.3 is 0 Å². The largest absolute Gasteiger partial charge is 0.324 e. The zero-order valence-corrected chi connectivity index (χ0v) is 22.1. The lowest BCUT2D eigenvalue weighted by Crippen LogP contribution is -2.48. The summed E-state index contributed by atoms with van der Waals surface area (Å²) in [6.45, 7) is 0. The number of imide groups is 1. The Morgan fingerprint density at radius 1 is 0.861 bits per heavy atom. The van der Waals surface area contributed by atoms with Crippen LogP contribution in [0.5, 0.6) is 0 Å². The van der Waals surface area contributed by atoms with Gasteiger partial charge in [0.25, 0.3) is 0 Å². The first-order chi connectivity index (χ1) is 17.5. The summed E-state index contributed by atoms with van der Waals surface area (Å²) in [5, 5.41) is 2.93. The maximum atomic E-state index is 14.1. The monoisotopic (exact) mass is 560 g/mol. The lowest BCUT2D eigenvalue weighted by Gasteiger charge is -2.45. The molecule has 7 rings (SSSR count). The van der Waals surface area contributed by atoms with Crippen molar-refractivity contribution in [2.45, 2.75) is 24.3 Å². The van der Waals surface area contributed by atoms with Crippen LogP contribution in [0.1, 0.15) is 40.5 Å². The van der Waals surface area contributed by atoms with Gasteiger partial charge in [-0.15, -0.1) is 0 Å². The molecule has 0 aromatic heterocycles. The van der Waals surface area contributed by atoms with Crippen molar-refractivity contribution in [3.8, 4) is 0 Å². The van der Waals surface area contributed by atoms with Gasteiger partial charge in [-0.25, -0.2) is 0 Å². The molecule has 1 heterocycles. The van der Waals surface area contributed by atoms with E-state index in [1.165, 1.54) is 4.90 Å². The van der Waals surface area contributed by atoms with E-state index >= 15 is 0 Å². The van der Waals surface area contributed by atoms with Gasteiger partial charge in [0.2, 0.25) is 17.7 Å². The van der Waals surface area contributed by atoms with Gasteiger partial charge in [0.1, 0.15) is 6.04 Å². The molecule has 5 nitrogen and oxygen atoms in total. The zero-order valence-electron chi connectivity index (χ0n) is 19.7. The van der Waals surface area contributed by atoms with Gasteiger partial charge in [-0.05, 0) is 64.9 Å². The summed E-state index contributed by atoms with van der Waals surface area (Å²) >= 11 is 5.01. The molecule has 1 fully saturated rings. The fraction of sp³-hybridized carbons (Fsp3) is 0.276. The molecule has 1 aliphatic heterocycles. The van der Waals surface area contributed by atoms with Crippen molar-refractivity contribution in [1.82, 2.24) is 4.90 Å². The third-order valence-corrected chi connectivity index (χ3v) is 8.98. The van der Waals surface area contributed by atoms with Gasteiger partial charge in [0.15, 0.2) is 0 Å².